The van der Waals surface area contributed by atoms with Crippen LogP contribution in [0.5, 0.6) is 0 Å². The molecule has 12 nitrogen and oxygen atoms in total. The van der Waals surface area contributed by atoms with Gasteiger partial charge in [0.1, 0.15) is 0 Å². The van der Waals surface area contributed by atoms with Crippen LogP contribution in [0, 0.1) is 6.92 Å². The number of aromatic nitrogens is 6. The average Bonchev–Trinajstić information content (AvgIpc) is 3.30. The highest BCUT2D eigenvalue weighted by molar-refractivity contribution is 6.03. The molecule has 196 valence electrons. The lowest BCUT2D eigenvalue weighted by atomic mass is 10.1. The second-order valence-electron chi connectivity index (χ2n) is 9.94. The lowest BCUT2D eigenvalue weighted by Crippen LogP contribution is -2.46. The Morgan fingerprint density at radius 3 is 2.79 bits per heavy atom. The zero-order valence-electron chi connectivity index (χ0n) is 21.3. The number of morpholine rings is 1. The SMILES string of the molecule is Cc1ncc(C(=O)NCCN2CCOC3(CC3)C2)cc1NC(=O)c1nnc2cc(-c3cnn(C)c3)ccn12. The summed E-state index contributed by atoms with van der Waals surface area (Å²) in [7, 11) is 1.85. The van der Waals surface area contributed by atoms with E-state index < -0.39 is 5.91 Å². The van der Waals surface area contributed by atoms with Crippen LogP contribution in [0.15, 0.2) is 43.0 Å². The molecule has 12 heteroatoms. The largest absolute Gasteiger partial charge is 0.372 e. The van der Waals surface area contributed by atoms with Gasteiger partial charge in [0.05, 0.1) is 35.3 Å². The molecular formula is C26H29N9O3. The molecule has 0 atom stereocenters. The summed E-state index contributed by atoms with van der Waals surface area (Å²) in [6, 6.07) is 5.36. The minimum atomic E-state index is -0.449. The number of nitrogens with zero attached hydrogens (tertiary/aromatic N) is 7. The number of fused-ring (bicyclic) bond motifs is 1. The smallest absolute Gasteiger partial charge is 0.294 e. The van der Waals surface area contributed by atoms with E-state index in [4.69, 9.17) is 4.74 Å². The monoisotopic (exact) mass is 515 g/mol. The van der Waals surface area contributed by atoms with Crippen molar-refractivity contribution in [3.63, 3.8) is 0 Å². The zero-order chi connectivity index (χ0) is 26.3. The fourth-order valence-corrected chi connectivity index (χ4v) is 4.74. The van der Waals surface area contributed by atoms with E-state index in [1.807, 2.05) is 25.4 Å². The van der Waals surface area contributed by atoms with Crippen molar-refractivity contribution in [3.8, 4) is 11.1 Å². The van der Waals surface area contributed by atoms with Gasteiger partial charge in [-0.3, -0.25) is 28.6 Å². The van der Waals surface area contributed by atoms with Crippen LogP contribution >= 0.6 is 0 Å². The number of amides is 2. The fraction of sp³-hybridized carbons (Fsp3) is 0.385. The molecule has 0 unspecified atom stereocenters. The molecule has 1 saturated heterocycles. The third kappa shape index (κ3) is 4.87. The first-order valence-corrected chi connectivity index (χ1v) is 12.7. The molecule has 1 spiro atoms. The van der Waals surface area contributed by atoms with Crippen LogP contribution in [0.2, 0.25) is 0 Å². The van der Waals surface area contributed by atoms with E-state index in [9.17, 15) is 9.59 Å². The van der Waals surface area contributed by atoms with Gasteiger partial charge in [0.25, 0.3) is 11.8 Å². The van der Waals surface area contributed by atoms with Crippen LogP contribution < -0.4 is 10.6 Å². The summed E-state index contributed by atoms with van der Waals surface area (Å²) in [4.78, 5) is 32.5. The maximum Gasteiger partial charge on any atom is 0.294 e. The fourth-order valence-electron chi connectivity index (χ4n) is 4.74. The van der Waals surface area contributed by atoms with Gasteiger partial charge in [-0.05, 0) is 43.5 Å². The highest BCUT2D eigenvalue weighted by Crippen LogP contribution is 2.41. The molecule has 38 heavy (non-hydrogen) atoms. The highest BCUT2D eigenvalue weighted by atomic mass is 16.5. The molecule has 4 aromatic heterocycles. The molecule has 2 amide bonds. The molecule has 5 heterocycles. The number of nitrogens with one attached hydrogen (secondary N) is 2. The Labute approximate surface area is 219 Å². The molecule has 4 aromatic rings. The van der Waals surface area contributed by atoms with Gasteiger partial charge < -0.3 is 15.4 Å². The van der Waals surface area contributed by atoms with Gasteiger partial charge in [-0.25, -0.2) is 0 Å². The lowest BCUT2D eigenvalue weighted by molar-refractivity contribution is -0.0452. The molecule has 0 aromatic carbocycles. The van der Waals surface area contributed by atoms with Crippen molar-refractivity contribution in [2.45, 2.75) is 25.4 Å². The Kier molecular flexibility index (Phi) is 6.12. The maximum atomic E-state index is 13.1. The molecule has 2 fully saturated rings. The summed E-state index contributed by atoms with van der Waals surface area (Å²) in [6.07, 6.45) is 9.18. The molecule has 0 bridgehead atoms. The third-order valence-corrected chi connectivity index (χ3v) is 7.10. The number of hydrogen-bond donors (Lipinski definition) is 2. The predicted molar refractivity (Wildman–Crippen MR) is 139 cm³/mol. The van der Waals surface area contributed by atoms with Crippen LogP contribution in [0.1, 0.15) is 39.5 Å². The summed E-state index contributed by atoms with van der Waals surface area (Å²) in [6.45, 7) is 5.60. The second kappa shape index (κ2) is 9.62. The molecule has 2 aliphatic rings. The van der Waals surface area contributed by atoms with Gasteiger partial charge in [-0.1, -0.05) is 0 Å². The molecular weight excluding hydrogens is 486 g/mol. The van der Waals surface area contributed by atoms with Gasteiger partial charge in [0, 0.05) is 57.4 Å². The lowest BCUT2D eigenvalue weighted by Gasteiger charge is -2.33. The van der Waals surface area contributed by atoms with Gasteiger partial charge in [-0.2, -0.15) is 5.10 Å². The number of ether oxygens (including phenoxy) is 1. The molecule has 1 saturated carbocycles. The summed E-state index contributed by atoms with van der Waals surface area (Å²) < 4.78 is 9.19. The first kappa shape index (κ1) is 24.2. The Morgan fingerprint density at radius 2 is 2.00 bits per heavy atom. The highest BCUT2D eigenvalue weighted by Gasteiger charge is 2.47. The van der Waals surface area contributed by atoms with Crippen molar-refractivity contribution in [3.05, 3.63) is 60.1 Å². The van der Waals surface area contributed by atoms with Gasteiger partial charge in [0.2, 0.25) is 5.82 Å². The minimum absolute atomic E-state index is 0.0631. The summed E-state index contributed by atoms with van der Waals surface area (Å²) in [5, 5.41) is 18.2. The summed E-state index contributed by atoms with van der Waals surface area (Å²) >= 11 is 0. The normalized spacial score (nSPS) is 16.6. The Balaban J connectivity index is 1.11. The van der Waals surface area contributed by atoms with E-state index in [1.165, 1.54) is 6.20 Å². The molecule has 2 N–H and O–H groups in total. The van der Waals surface area contributed by atoms with E-state index in [2.05, 4.69) is 35.8 Å². The van der Waals surface area contributed by atoms with Gasteiger partial charge in [-0.15, -0.1) is 10.2 Å². The van der Waals surface area contributed by atoms with Gasteiger partial charge >= 0.3 is 0 Å². The maximum absolute atomic E-state index is 13.1. The predicted octanol–water partition coefficient (Wildman–Crippen LogP) is 1.68. The van der Waals surface area contributed by atoms with E-state index in [-0.39, 0.29) is 17.3 Å². The van der Waals surface area contributed by atoms with Crippen molar-refractivity contribution >= 4 is 23.1 Å². The Bertz CT molecular complexity index is 1520. The topological polar surface area (TPSA) is 132 Å². The first-order chi connectivity index (χ1) is 18.4. The first-order valence-electron chi connectivity index (χ1n) is 12.7. The number of carbonyl (C=O) groups excluding carboxylic acids is 2. The number of carbonyl (C=O) groups is 2. The van der Waals surface area contributed by atoms with E-state index in [0.717, 1.165) is 50.2 Å². The third-order valence-electron chi connectivity index (χ3n) is 7.10. The van der Waals surface area contributed by atoms with Crippen LogP contribution in [0.4, 0.5) is 5.69 Å². The minimum Gasteiger partial charge on any atom is -0.372 e. The van der Waals surface area contributed by atoms with Crippen molar-refractivity contribution < 1.29 is 14.3 Å². The van der Waals surface area contributed by atoms with Crippen molar-refractivity contribution in [1.29, 1.82) is 0 Å². The van der Waals surface area contributed by atoms with Crippen molar-refractivity contribution in [2.24, 2.45) is 7.05 Å². The van der Waals surface area contributed by atoms with Crippen LogP contribution in [0.3, 0.4) is 0 Å². The Hall–Kier alpha value is -4.16. The van der Waals surface area contributed by atoms with Gasteiger partial charge in [0.15, 0.2) is 5.65 Å². The van der Waals surface area contributed by atoms with Crippen LogP contribution in [0.25, 0.3) is 16.8 Å². The number of rotatable bonds is 7. The standard InChI is InChI=1S/C26H29N9O3/c1-17-21(11-19(13-28-17)24(36)27-6-8-34-9-10-38-26(16-34)4-5-26)30-25(37)23-32-31-22-12-18(3-7-35(22)23)20-14-29-33(2)15-20/h3,7,11-15H,4-6,8-10,16H2,1-2H3,(H,27,36)(H,30,37). The number of pyridine rings is 2. The number of anilines is 1. The number of hydrogen-bond acceptors (Lipinski definition) is 8. The summed E-state index contributed by atoms with van der Waals surface area (Å²) in [5.74, 6) is -0.556. The zero-order valence-corrected chi connectivity index (χ0v) is 21.3. The number of aryl methyl sites for hydroxylation is 2. The molecule has 1 aliphatic heterocycles. The molecule has 0 radical (unpaired) electrons. The Morgan fingerprint density at radius 1 is 1.13 bits per heavy atom. The average molecular weight is 516 g/mol. The van der Waals surface area contributed by atoms with Crippen LogP contribution in [-0.4, -0.2) is 84.5 Å². The molecule has 1 aliphatic carbocycles. The van der Waals surface area contributed by atoms with Crippen LogP contribution in [-0.2, 0) is 11.8 Å². The molecule has 6 rings (SSSR count). The quantitative estimate of drug-likeness (QED) is 0.380. The summed E-state index contributed by atoms with van der Waals surface area (Å²) in [5.41, 5.74) is 3.86. The van der Waals surface area contributed by atoms with E-state index in [1.54, 1.807) is 34.5 Å². The second-order valence-corrected chi connectivity index (χ2v) is 9.94. The van der Waals surface area contributed by atoms with E-state index in [0.29, 0.717) is 29.1 Å². The van der Waals surface area contributed by atoms with E-state index >= 15 is 0 Å². The van der Waals surface area contributed by atoms with Crippen molar-refractivity contribution in [1.82, 2.24) is 39.6 Å². The van der Waals surface area contributed by atoms with Crippen molar-refractivity contribution in [2.75, 3.05) is 38.1 Å².